The van der Waals surface area contributed by atoms with Crippen LogP contribution in [0.4, 0.5) is 24.1 Å². The van der Waals surface area contributed by atoms with Crippen LogP contribution in [0.25, 0.3) is 10.9 Å². The highest BCUT2D eigenvalue weighted by molar-refractivity contribution is 5.91. The van der Waals surface area contributed by atoms with Gasteiger partial charge in [0, 0.05) is 24.2 Å². The second-order valence-electron chi connectivity index (χ2n) is 8.48. The Labute approximate surface area is 196 Å². The first-order valence-corrected chi connectivity index (χ1v) is 10.5. The van der Waals surface area contributed by atoms with Crippen molar-refractivity contribution in [1.82, 2.24) is 4.57 Å². The Kier molecular flexibility index (Phi) is 7.24. The molecule has 9 heteroatoms. The van der Waals surface area contributed by atoms with Crippen LogP contribution >= 0.6 is 0 Å². The molecular formula is C25H26F2N2O5. The Balaban J connectivity index is 1.84. The van der Waals surface area contributed by atoms with E-state index in [4.69, 9.17) is 14.2 Å². The smallest absolute Gasteiger partial charge is 0.419 e. The summed E-state index contributed by atoms with van der Waals surface area (Å²) in [5.74, 6) is -1.18. The SMILES string of the molecule is C=CCOC(=O)N(C)c1ccc(OCc2cc3c(F)cc(F)cc3n2C(=O)OC(C)(C)C)cc1. The molecular weight excluding hydrogens is 446 g/mol. The summed E-state index contributed by atoms with van der Waals surface area (Å²) < 4.78 is 45.6. The molecule has 0 spiro atoms. The molecule has 3 rings (SSSR count). The van der Waals surface area contributed by atoms with Gasteiger partial charge < -0.3 is 14.2 Å². The number of rotatable bonds is 6. The molecule has 2 aromatic carbocycles. The molecule has 0 bridgehead atoms. The zero-order valence-corrected chi connectivity index (χ0v) is 19.4. The normalized spacial score (nSPS) is 11.2. The Morgan fingerprint density at radius 3 is 2.41 bits per heavy atom. The predicted octanol–water partition coefficient (Wildman–Crippen LogP) is 6.04. The number of hydrogen-bond acceptors (Lipinski definition) is 5. The minimum atomic E-state index is -0.813. The van der Waals surface area contributed by atoms with Crippen LogP contribution in [0.1, 0.15) is 26.5 Å². The number of nitrogens with zero attached hydrogens (tertiary/aromatic N) is 2. The number of benzene rings is 2. The number of halogens is 2. The Hall–Kier alpha value is -3.88. The lowest BCUT2D eigenvalue weighted by atomic mass is 10.2. The molecule has 0 radical (unpaired) electrons. The molecule has 0 saturated heterocycles. The minimum absolute atomic E-state index is 0.0420. The molecule has 0 aliphatic heterocycles. The lowest BCUT2D eigenvalue weighted by Crippen LogP contribution is -2.28. The molecule has 0 saturated carbocycles. The zero-order chi connectivity index (χ0) is 25.0. The molecule has 0 fully saturated rings. The van der Waals surface area contributed by atoms with Crippen molar-refractivity contribution < 1.29 is 32.6 Å². The van der Waals surface area contributed by atoms with Crippen molar-refractivity contribution >= 4 is 28.8 Å². The van der Waals surface area contributed by atoms with Crippen molar-refractivity contribution in [2.75, 3.05) is 18.6 Å². The summed E-state index contributed by atoms with van der Waals surface area (Å²) in [5, 5.41) is 0.0702. The highest BCUT2D eigenvalue weighted by Gasteiger charge is 2.24. The van der Waals surface area contributed by atoms with E-state index in [0.717, 1.165) is 16.7 Å². The van der Waals surface area contributed by atoms with Gasteiger partial charge in [-0.05, 0) is 57.2 Å². The largest absolute Gasteiger partial charge is 0.487 e. The van der Waals surface area contributed by atoms with Crippen LogP contribution in [-0.2, 0) is 16.1 Å². The quantitative estimate of drug-likeness (QED) is 0.409. The van der Waals surface area contributed by atoms with Gasteiger partial charge in [-0.25, -0.2) is 22.9 Å². The maximum atomic E-state index is 14.4. The maximum absolute atomic E-state index is 14.4. The highest BCUT2D eigenvalue weighted by Crippen LogP contribution is 2.27. The summed E-state index contributed by atoms with van der Waals surface area (Å²) in [6.07, 6.45) is 0.158. The van der Waals surface area contributed by atoms with Crippen molar-refractivity contribution in [3.8, 4) is 5.75 Å². The predicted molar refractivity (Wildman–Crippen MR) is 124 cm³/mol. The molecule has 1 aromatic heterocycles. The molecule has 0 atom stereocenters. The van der Waals surface area contributed by atoms with E-state index in [9.17, 15) is 18.4 Å². The van der Waals surface area contributed by atoms with Crippen LogP contribution in [0.5, 0.6) is 5.75 Å². The molecule has 7 nitrogen and oxygen atoms in total. The van der Waals surface area contributed by atoms with Gasteiger partial charge in [-0.1, -0.05) is 12.7 Å². The lowest BCUT2D eigenvalue weighted by molar-refractivity contribution is 0.0535. The van der Waals surface area contributed by atoms with Crippen molar-refractivity contribution in [3.05, 3.63) is 72.4 Å². The number of anilines is 1. The standard InChI is InChI=1S/C25H26F2N2O5/c1-6-11-32-23(30)28(5)17-7-9-19(10-8-17)33-15-18-14-20-21(27)12-16(26)13-22(20)29(18)24(31)34-25(2,3)4/h6-10,12-14H,1,11,15H2,2-5H3. The van der Waals surface area contributed by atoms with Crippen LogP contribution in [0.2, 0.25) is 0 Å². The average molecular weight is 472 g/mol. The third-order valence-electron chi connectivity index (χ3n) is 4.70. The van der Waals surface area contributed by atoms with Gasteiger partial charge in [0.1, 0.15) is 36.2 Å². The first-order chi connectivity index (χ1) is 16.0. The number of fused-ring (bicyclic) bond motifs is 1. The summed E-state index contributed by atoms with van der Waals surface area (Å²) in [7, 11) is 1.56. The third kappa shape index (κ3) is 5.72. The van der Waals surface area contributed by atoms with Gasteiger partial charge in [0.15, 0.2) is 0 Å². The van der Waals surface area contributed by atoms with Gasteiger partial charge in [-0.15, -0.1) is 0 Å². The molecule has 0 aliphatic carbocycles. The van der Waals surface area contributed by atoms with E-state index >= 15 is 0 Å². The van der Waals surface area contributed by atoms with E-state index in [2.05, 4.69) is 6.58 Å². The number of hydrogen-bond donors (Lipinski definition) is 0. The van der Waals surface area contributed by atoms with Crippen LogP contribution in [0.3, 0.4) is 0 Å². The molecule has 3 aromatic rings. The van der Waals surface area contributed by atoms with Gasteiger partial charge in [-0.3, -0.25) is 4.90 Å². The Bertz CT molecular complexity index is 1210. The van der Waals surface area contributed by atoms with E-state index < -0.39 is 29.4 Å². The van der Waals surface area contributed by atoms with Crippen molar-refractivity contribution in [2.45, 2.75) is 33.0 Å². The minimum Gasteiger partial charge on any atom is -0.487 e. The highest BCUT2D eigenvalue weighted by atomic mass is 19.1. The molecule has 1 heterocycles. The summed E-state index contributed by atoms with van der Waals surface area (Å²) in [5.41, 5.74) is 0.0805. The van der Waals surface area contributed by atoms with Gasteiger partial charge in [-0.2, -0.15) is 0 Å². The molecule has 1 amide bonds. The van der Waals surface area contributed by atoms with Crippen molar-refractivity contribution in [1.29, 1.82) is 0 Å². The lowest BCUT2D eigenvalue weighted by Gasteiger charge is -2.21. The third-order valence-corrected chi connectivity index (χ3v) is 4.70. The topological polar surface area (TPSA) is 70.0 Å². The monoisotopic (exact) mass is 472 g/mol. The fourth-order valence-electron chi connectivity index (χ4n) is 3.17. The number of amides is 1. The van der Waals surface area contributed by atoms with Crippen LogP contribution in [0, 0.1) is 11.6 Å². The van der Waals surface area contributed by atoms with E-state index in [0.29, 0.717) is 11.4 Å². The first-order valence-electron chi connectivity index (χ1n) is 10.5. The first kappa shape index (κ1) is 24.8. The average Bonchev–Trinajstić information content (AvgIpc) is 3.13. The Morgan fingerprint density at radius 2 is 1.79 bits per heavy atom. The van der Waals surface area contributed by atoms with Crippen molar-refractivity contribution in [3.63, 3.8) is 0 Å². The number of carbonyl (C=O) groups excluding carboxylic acids is 2. The maximum Gasteiger partial charge on any atom is 0.419 e. The summed E-state index contributed by atoms with van der Waals surface area (Å²) in [4.78, 5) is 26.1. The summed E-state index contributed by atoms with van der Waals surface area (Å²) in [6, 6.07) is 9.82. The van der Waals surface area contributed by atoms with Gasteiger partial charge >= 0.3 is 12.2 Å². The van der Waals surface area contributed by atoms with E-state index in [1.807, 2.05) is 0 Å². The van der Waals surface area contributed by atoms with Gasteiger partial charge in [0.05, 0.1) is 11.2 Å². The molecule has 34 heavy (non-hydrogen) atoms. The second-order valence-corrected chi connectivity index (χ2v) is 8.48. The fraction of sp³-hybridized carbons (Fsp3) is 0.280. The zero-order valence-electron chi connectivity index (χ0n) is 19.4. The fourth-order valence-corrected chi connectivity index (χ4v) is 3.17. The van der Waals surface area contributed by atoms with Gasteiger partial charge in [0.2, 0.25) is 0 Å². The van der Waals surface area contributed by atoms with Crippen molar-refractivity contribution in [2.24, 2.45) is 0 Å². The van der Waals surface area contributed by atoms with E-state index in [1.165, 1.54) is 17.0 Å². The molecule has 0 N–H and O–H groups in total. The van der Waals surface area contributed by atoms with Crippen LogP contribution in [0.15, 0.2) is 55.1 Å². The second kappa shape index (κ2) is 9.94. The molecule has 0 unspecified atom stereocenters. The van der Waals surface area contributed by atoms with Gasteiger partial charge in [0.25, 0.3) is 0 Å². The number of ether oxygens (including phenoxy) is 3. The molecule has 180 valence electrons. The van der Waals surface area contributed by atoms with E-state index in [1.54, 1.807) is 52.1 Å². The molecule has 0 aliphatic rings. The summed E-state index contributed by atoms with van der Waals surface area (Å²) in [6.45, 7) is 8.56. The van der Waals surface area contributed by atoms with Crippen LogP contribution in [-0.4, -0.2) is 36.0 Å². The van der Waals surface area contributed by atoms with E-state index in [-0.39, 0.29) is 29.8 Å². The van der Waals surface area contributed by atoms with Crippen LogP contribution < -0.4 is 9.64 Å². The Morgan fingerprint density at radius 1 is 1.12 bits per heavy atom. The summed E-state index contributed by atoms with van der Waals surface area (Å²) >= 11 is 0. The number of carbonyl (C=O) groups is 2. The number of aromatic nitrogens is 1.